The van der Waals surface area contributed by atoms with Crippen LogP contribution in [0.2, 0.25) is 0 Å². The molecule has 0 radical (unpaired) electrons. The van der Waals surface area contributed by atoms with Crippen LogP contribution in [0.5, 0.6) is 0 Å². The molecular weight excluding hydrogens is 332 g/mol. The van der Waals surface area contributed by atoms with E-state index in [4.69, 9.17) is 4.98 Å². The Bertz CT molecular complexity index is 739. The highest BCUT2D eigenvalue weighted by molar-refractivity contribution is 7.09. The fourth-order valence-corrected chi connectivity index (χ4v) is 4.06. The lowest BCUT2D eigenvalue weighted by Gasteiger charge is -2.21. The third-order valence-corrected chi connectivity index (χ3v) is 5.46. The predicted molar refractivity (Wildman–Crippen MR) is 103 cm³/mol. The predicted octanol–water partition coefficient (Wildman–Crippen LogP) is 2.74. The summed E-state index contributed by atoms with van der Waals surface area (Å²) in [6, 6.07) is 0. The zero-order valence-electron chi connectivity index (χ0n) is 15.8. The fraction of sp³-hybridized carbons (Fsp3) is 0.611. The van der Waals surface area contributed by atoms with Gasteiger partial charge in [-0.15, -0.1) is 11.3 Å². The van der Waals surface area contributed by atoms with Crippen molar-refractivity contribution in [1.29, 1.82) is 0 Å². The summed E-state index contributed by atoms with van der Waals surface area (Å²) >= 11 is 1.71. The first-order valence-corrected chi connectivity index (χ1v) is 9.64. The molecule has 25 heavy (non-hydrogen) atoms. The van der Waals surface area contributed by atoms with Crippen molar-refractivity contribution in [1.82, 2.24) is 25.0 Å². The van der Waals surface area contributed by atoms with E-state index in [1.807, 2.05) is 25.0 Å². The first kappa shape index (κ1) is 17.9. The van der Waals surface area contributed by atoms with Gasteiger partial charge in [0.2, 0.25) is 0 Å². The summed E-state index contributed by atoms with van der Waals surface area (Å²) in [5.74, 6) is 1.48. The zero-order chi connectivity index (χ0) is 18.0. The molecule has 3 heterocycles. The van der Waals surface area contributed by atoms with Crippen LogP contribution in [0.4, 0.5) is 0 Å². The van der Waals surface area contributed by atoms with E-state index < -0.39 is 0 Å². The molecule has 0 amide bonds. The van der Waals surface area contributed by atoms with Crippen molar-refractivity contribution in [2.45, 2.75) is 45.1 Å². The van der Waals surface area contributed by atoms with Crippen molar-refractivity contribution in [3.05, 3.63) is 34.0 Å². The van der Waals surface area contributed by atoms with Gasteiger partial charge in [0.25, 0.3) is 0 Å². The van der Waals surface area contributed by atoms with Gasteiger partial charge in [-0.1, -0.05) is 20.8 Å². The molecule has 1 N–H and O–H groups in total. The van der Waals surface area contributed by atoms with Crippen molar-refractivity contribution < 1.29 is 0 Å². The molecule has 0 aliphatic carbocycles. The molecule has 1 aliphatic rings. The van der Waals surface area contributed by atoms with Gasteiger partial charge in [-0.25, -0.2) is 4.98 Å². The topological polar surface area (TPSA) is 58.3 Å². The third kappa shape index (κ3) is 4.21. The minimum absolute atomic E-state index is 0.0995. The number of thiazole rings is 1. The summed E-state index contributed by atoms with van der Waals surface area (Å²) in [4.78, 5) is 11.5. The van der Waals surface area contributed by atoms with Gasteiger partial charge in [0.1, 0.15) is 5.01 Å². The Morgan fingerprint density at radius 1 is 1.44 bits per heavy atom. The van der Waals surface area contributed by atoms with Crippen molar-refractivity contribution in [3.63, 3.8) is 0 Å². The van der Waals surface area contributed by atoms with Gasteiger partial charge in [-0.05, 0) is 12.0 Å². The van der Waals surface area contributed by atoms with Crippen LogP contribution in [0.1, 0.15) is 49.4 Å². The summed E-state index contributed by atoms with van der Waals surface area (Å²) in [5, 5.41) is 11.0. The van der Waals surface area contributed by atoms with Gasteiger partial charge in [0.15, 0.2) is 5.96 Å². The van der Waals surface area contributed by atoms with Crippen LogP contribution in [-0.2, 0) is 19.0 Å². The Morgan fingerprint density at radius 3 is 2.84 bits per heavy atom. The second-order valence-corrected chi connectivity index (χ2v) is 8.60. The van der Waals surface area contributed by atoms with E-state index in [1.165, 1.54) is 5.56 Å². The normalized spacial score (nSPS) is 18.8. The van der Waals surface area contributed by atoms with Gasteiger partial charge in [0.05, 0.1) is 18.4 Å². The van der Waals surface area contributed by atoms with Crippen LogP contribution in [0, 0.1) is 0 Å². The second kappa shape index (κ2) is 7.15. The molecule has 0 bridgehead atoms. The van der Waals surface area contributed by atoms with Crippen LogP contribution in [0.3, 0.4) is 0 Å². The number of aliphatic imine (C=N–C) groups is 1. The van der Waals surface area contributed by atoms with E-state index in [-0.39, 0.29) is 5.41 Å². The average Bonchev–Trinajstić information content (AvgIpc) is 3.26. The van der Waals surface area contributed by atoms with Gasteiger partial charge in [-0.3, -0.25) is 9.67 Å². The lowest BCUT2D eigenvalue weighted by atomic mass is 9.93. The number of aromatic nitrogens is 3. The van der Waals surface area contributed by atoms with E-state index in [0.717, 1.165) is 42.7 Å². The highest BCUT2D eigenvalue weighted by Crippen LogP contribution is 2.27. The van der Waals surface area contributed by atoms with E-state index in [9.17, 15) is 0 Å². The van der Waals surface area contributed by atoms with E-state index in [2.05, 4.69) is 52.7 Å². The molecular formula is C18H28N6S. The Balaban J connectivity index is 1.57. The van der Waals surface area contributed by atoms with E-state index in [0.29, 0.717) is 5.92 Å². The first-order valence-electron chi connectivity index (χ1n) is 8.76. The Morgan fingerprint density at radius 2 is 2.24 bits per heavy atom. The van der Waals surface area contributed by atoms with Crippen molar-refractivity contribution >= 4 is 17.3 Å². The largest absolute Gasteiger partial charge is 0.350 e. The second-order valence-electron chi connectivity index (χ2n) is 7.66. The minimum Gasteiger partial charge on any atom is -0.350 e. The zero-order valence-corrected chi connectivity index (χ0v) is 16.6. The number of hydrogen-bond acceptors (Lipinski definition) is 4. The lowest BCUT2D eigenvalue weighted by molar-refractivity contribution is 0.485. The van der Waals surface area contributed by atoms with Crippen LogP contribution in [0.15, 0.2) is 22.8 Å². The van der Waals surface area contributed by atoms with Gasteiger partial charge in [-0.2, -0.15) is 5.10 Å². The summed E-state index contributed by atoms with van der Waals surface area (Å²) in [7, 11) is 3.82. The standard InChI is InChI=1S/C18H28N6S/c1-18(2,3)15-12-25-16(22-15)9-20-17(19-4)24-7-6-13(11-24)14-8-21-23(5)10-14/h8,10,12-13H,6-7,9,11H2,1-5H3,(H,19,20). The maximum Gasteiger partial charge on any atom is 0.194 e. The summed E-state index contributed by atoms with van der Waals surface area (Å²) in [6.07, 6.45) is 5.24. The minimum atomic E-state index is 0.0995. The lowest BCUT2D eigenvalue weighted by Crippen LogP contribution is -2.39. The van der Waals surface area contributed by atoms with Gasteiger partial charge < -0.3 is 10.2 Å². The SMILES string of the molecule is CN=C(NCc1nc(C(C)(C)C)cs1)N1CCC(c2cnn(C)c2)C1. The van der Waals surface area contributed by atoms with Gasteiger partial charge in [0, 0.05) is 50.1 Å². The van der Waals surface area contributed by atoms with Crippen LogP contribution in [0.25, 0.3) is 0 Å². The van der Waals surface area contributed by atoms with Crippen LogP contribution < -0.4 is 5.32 Å². The molecule has 1 aliphatic heterocycles. The molecule has 2 aromatic rings. The maximum atomic E-state index is 4.75. The smallest absolute Gasteiger partial charge is 0.194 e. The highest BCUT2D eigenvalue weighted by Gasteiger charge is 2.27. The fourth-order valence-electron chi connectivity index (χ4n) is 3.10. The molecule has 2 aromatic heterocycles. The Hall–Kier alpha value is -1.89. The summed E-state index contributed by atoms with van der Waals surface area (Å²) < 4.78 is 1.88. The molecule has 136 valence electrons. The highest BCUT2D eigenvalue weighted by atomic mass is 32.1. The number of rotatable bonds is 3. The number of likely N-dealkylation sites (tertiary alicyclic amines) is 1. The first-order chi connectivity index (χ1) is 11.9. The molecule has 7 heteroatoms. The molecule has 6 nitrogen and oxygen atoms in total. The monoisotopic (exact) mass is 360 g/mol. The van der Waals surface area contributed by atoms with Crippen LogP contribution >= 0.6 is 11.3 Å². The number of aryl methyl sites for hydroxylation is 1. The Labute approximate surface area is 154 Å². The van der Waals surface area contributed by atoms with Crippen molar-refractivity contribution in [2.75, 3.05) is 20.1 Å². The molecule has 3 rings (SSSR count). The molecule has 1 saturated heterocycles. The van der Waals surface area contributed by atoms with E-state index in [1.54, 1.807) is 11.3 Å². The average molecular weight is 361 g/mol. The molecule has 1 unspecified atom stereocenters. The number of guanidine groups is 1. The molecule has 1 fully saturated rings. The van der Waals surface area contributed by atoms with Crippen molar-refractivity contribution in [2.24, 2.45) is 12.0 Å². The number of nitrogens with zero attached hydrogens (tertiary/aromatic N) is 5. The molecule has 0 saturated carbocycles. The van der Waals surface area contributed by atoms with E-state index >= 15 is 0 Å². The van der Waals surface area contributed by atoms with Crippen LogP contribution in [-0.4, -0.2) is 45.8 Å². The molecule has 0 aromatic carbocycles. The molecule has 0 spiro atoms. The Kier molecular flexibility index (Phi) is 5.13. The quantitative estimate of drug-likeness (QED) is 0.675. The van der Waals surface area contributed by atoms with Gasteiger partial charge >= 0.3 is 0 Å². The van der Waals surface area contributed by atoms with Crippen molar-refractivity contribution in [3.8, 4) is 0 Å². The maximum absolute atomic E-state index is 4.75. The molecule has 1 atom stereocenters. The number of nitrogens with one attached hydrogen (secondary N) is 1. The number of hydrogen-bond donors (Lipinski definition) is 1. The summed E-state index contributed by atoms with van der Waals surface area (Å²) in [6.45, 7) is 9.31. The summed E-state index contributed by atoms with van der Waals surface area (Å²) in [5.41, 5.74) is 2.57. The third-order valence-electron chi connectivity index (χ3n) is 4.61.